The van der Waals surface area contributed by atoms with Crippen molar-refractivity contribution in [2.45, 2.75) is 13.3 Å². The number of fused-ring (bicyclic) bond motifs is 1. The largest absolute Gasteiger partial charge is 0.508 e. The Labute approximate surface area is 165 Å². The van der Waals surface area contributed by atoms with Crippen LogP contribution in [0.3, 0.4) is 0 Å². The molecule has 0 aliphatic rings. The minimum absolute atomic E-state index is 0.0128. The summed E-state index contributed by atoms with van der Waals surface area (Å²) in [7, 11) is 0. The highest BCUT2D eigenvalue weighted by atomic mass is 16.3. The summed E-state index contributed by atoms with van der Waals surface area (Å²) in [6, 6.07) is 14.1. The van der Waals surface area contributed by atoms with E-state index in [2.05, 4.69) is 0 Å². The van der Waals surface area contributed by atoms with Gasteiger partial charge in [-0.15, -0.1) is 0 Å². The molecule has 29 heavy (non-hydrogen) atoms. The molecule has 0 spiro atoms. The average molecular weight is 390 g/mol. The van der Waals surface area contributed by atoms with Gasteiger partial charge in [0, 0.05) is 23.8 Å². The van der Waals surface area contributed by atoms with Crippen LogP contribution in [0.4, 0.5) is 0 Å². The van der Waals surface area contributed by atoms with E-state index in [1.54, 1.807) is 0 Å². The SMILES string of the molecule is Cc1ccc(Cc2cc(O)c(O)cc2-c2cc(=O)c3c(O)cc(O)cc3o2)cc1. The molecule has 1 heterocycles. The minimum Gasteiger partial charge on any atom is -0.508 e. The molecular formula is C23H18O6. The second-order valence-electron chi connectivity index (χ2n) is 6.97. The van der Waals surface area contributed by atoms with Gasteiger partial charge in [-0.1, -0.05) is 29.8 Å². The van der Waals surface area contributed by atoms with Crippen molar-refractivity contribution in [1.82, 2.24) is 0 Å². The van der Waals surface area contributed by atoms with E-state index in [0.717, 1.165) is 17.2 Å². The molecule has 0 saturated carbocycles. The minimum atomic E-state index is -0.493. The molecule has 0 aliphatic carbocycles. The second-order valence-corrected chi connectivity index (χ2v) is 6.97. The maximum atomic E-state index is 12.6. The van der Waals surface area contributed by atoms with Crippen molar-refractivity contribution in [2.24, 2.45) is 0 Å². The van der Waals surface area contributed by atoms with E-state index < -0.39 is 5.43 Å². The molecule has 0 amide bonds. The predicted molar refractivity (Wildman–Crippen MR) is 109 cm³/mol. The fourth-order valence-corrected chi connectivity index (χ4v) is 3.31. The molecule has 0 atom stereocenters. The Morgan fingerprint density at radius 1 is 0.828 bits per heavy atom. The topological polar surface area (TPSA) is 111 Å². The number of benzene rings is 3. The highest BCUT2D eigenvalue weighted by Gasteiger charge is 2.17. The third-order valence-corrected chi connectivity index (χ3v) is 4.78. The van der Waals surface area contributed by atoms with Crippen LogP contribution in [0.15, 0.2) is 63.8 Å². The van der Waals surface area contributed by atoms with Crippen LogP contribution in [0.5, 0.6) is 23.0 Å². The third-order valence-electron chi connectivity index (χ3n) is 4.78. The van der Waals surface area contributed by atoms with E-state index in [9.17, 15) is 25.2 Å². The zero-order valence-corrected chi connectivity index (χ0v) is 15.5. The lowest BCUT2D eigenvalue weighted by molar-refractivity contribution is 0.403. The molecule has 0 radical (unpaired) electrons. The van der Waals surface area contributed by atoms with Crippen LogP contribution >= 0.6 is 0 Å². The Morgan fingerprint density at radius 3 is 2.24 bits per heavy atom. The van der Waals surface area contributed by atoms with Gasteiger partial charge in [-0.25, -0.2) is 0 Å². The zero-order valence-electron chi connectivity index (χ0n) is 15.5. The fraction of sp³-hybridized carbons (Fsp3) is 0.0870. The molecule has 0 fully saturated rings. The standard InChI is InChI=1S/C23H18O6/c1-12-2-4-13(5-3-12)6-14-7-17(25)18(26)10-16(14)21-11-20(28)23-19(27)8-15(24)9-22(23)29-21/h2-5,7-11,24-27H,6H2,1H3. The number of aromatic hydroxyl groups is 4. The Kier molecular flexibility index (Phi) is 4.39. The normalized spacial score (nSPS) is 11.1. The second kappa shape index (κ2) is 6.91. The third kappa shape index (κ3) is 3.48. The van der Waals surface area contributed by atoms with Crippen molar-refractivity contribution in [3.8, 4) is 34.3 Å². The molecule has 146 valence electrons. The average Bonchev–Trinajstić information content (AvgIpc) is 2.65. The molecule has 1 aromatic heterocycles. The van der Waals surface area contributed by atoms with Gasteiger partial charge >= 0.3 is 0 Å². The van der Waals surface area contributed by atoms with Crippen LogP contribution in [0.25, 0.3) is 22.3 Å². The van der Waals surface area contributed by atoms with E-state index in [0.29, 0.717) is 17.5 Å². The molecule has 0 saturated heterocycles. The fourth-order valence-electron chi connectivity index (χ4n) is 3.31. The van der Waals surface area contributed by atoms with Crippen LogP contribution in [0, 0.1) is 6.92 Å². The zero-order chi connectivity index (χ0) is 20.7. The van der Waals surface area contributed by atoms with E-state index >= 15 is 0 Å². The van der Waals surface area contributed by atoms with Crippen molar-refractivity contribution < 1.29 is 24.8 Å². The van der Waals surface area contributed by atoms with Crippen LogP contribution in [0.1, 0.15) is 16.7 Å². The Bertz CT molecular complexity index is 1290. The van der Waals surface area contributed by atoms with Crippen LogP contribution in [-0.2, 0) is 6.42 Å². The monoisotopic (exact) mass is 390 g/mol. The van der Waals surface area contributed by atoms with Gasteiger partial charge in [0.25, 0.3) is 0 Å². The maximum Gasteiger partial charge on any atom is 0.197 e. The molecule has 3 aromatic carbocycles. The summed E-state index contributed by atoms with van der Waals surface area (Å²) in [5, 5.41) is 39.6. The summed E-state index contributed by atoms with van der Waals surface area (Å²) < 4.78 is 5.77. The first-order valence-corrected chi connectivity index (χ1v) is 8.92. The van der Waals surface area contributed by atoms with Crippen molar-refractivity contribution in [3.63, 3.8) is 0 Å². The highest BCUT2D eigenvalue weighted by molar-refractivity contribution is 5.86. The number of aryl methyl sites for hydroxylation is 1. The Hall–Kier alpha value is -3.93. The van der Waals surface area contributed by atoms with Crippen molar-refractivity contribution in [1.29, 1.82) is 0 Å². The van der Waals surface area contributed by atoms with Crippen molar-refractivity contribution in [3.05, 3.63) is 81.5 Å². The van der Waals surface area contributed by atoms with Crippen molar-refractivity contribution >= 4 is 11.0 Å². The van der Waals surface area contributed by atoms with Crippen molar-refractivity contribution in [2.75, 3.05) is 0 Å². The summed E-state index contributed by atoms with van der Waals surface area (Å²) in [6.07, 6.45) is 0.427. The maximum absolute atomic E-state index is 12.6. The van der Waals surface area contributed by atoms with Crippen LogP contribution in [-0.4, -0.2) is 20.4 Å². The summed E-state index contributed by atoms with van der Waals surface area (Å²) in [5.74, 6) is -1.12. The van der Waals surface area contributed by atoms with E-state index in [4.69, 9.17) is 4.42 Å². The van der Waals surface area contributed by atoms with E-state index in [1.165, 1.54) is 24.3 Å². The van der Waals surface area contributed by atoms with Gasteiger partial charge in [-0.3, -0.25) is 4.79 Å². The van der Waals surface area contributed by atoms with Gasteiger partial charge in [-0.2, -0.15) is 0 Å². The number of phenolic OH excluding ortho intramolecular Hbond substituents is 4. The molecular weight excluding hydrogens is 372 g/mol. The van der Waals surface area contributed by atoms with E-state index in [1.807, 2.05) is 31.2 Å². The highest BCUT2D eigenvalue weighted by Crippen LogP contribution is 2.37. The first-order valence-electron chi connectivity index (χ1n) is 8.92. The summed E-state index contributed by atoms with van der Waals surface area (Å²) in [4.78, 5) is 12.6. The Balaban J connectivity index is 1.91. The van der Waals surface area contributed by atoms with Gasteiger partial charge < -0.3 is 24.8 Å². The molecule has 6 heteroatoms. The van der Waals surface area contributed by atoms with Gasteiger partial charge in [0.1, 0.15) is 28.2 Å². The molecule has 0 aliphatic heterocycles. The molecule has 4 N–H and O–H groups in total. The number of hydrogen-bond acceptors (Lipinski definition) is 6. The number of hydrogen-bond donors (Lipinski definition) is 4. The van der Waals surface area contributed by atoms with Gasteiger partial charge in [0.05, 0.1) is 0 Å². The summed E-state index contributed by atoms with van der Waals surface area (Å²) >= 11 is 0. The molecule has 4 rings (SSSR count). The lowest BCUT2D eigenvalue weighted by atomic mass is 9.96. The first kappa shape index (κ1) is 18.4. The predicted octanol–water partition coefficient (Wildman–Crippen LogP) is 4.18. The quantitative estimate of drug-likeness (QED) is 0.391. The smallest absolute Gasteiger partial charge is 0.197 e. The summed E-state index contributed by atoms with van der Waals surface area (Å²) in [5.41, 5.74) is 2.66. The number of phenols is 4. The van der Waals surface area contributed by atoms with Crippen LogP contribution < -0.4 is 5.43 Å². The molecule has 0 unspecified atom stereocenters. The lowest BCUT2D eigenvalue weighted by Gasteiger charge is -2.12. The first-order chi connectivity index (χ1) is 13.8. The number of rotatable bonds is 3. The Morgan fingerprint density at radius 2 is 1.52 bits per heavy atom. The molecule has 4 aromatic rings. The van der Waals surface area contributed by atoms with E-state index in [-0.39, 0.29) is 39.7 Å². The summed E-state index contributed by atoms with van der Waals surface area (Å²) in [6.45, 7) is 1.98. The lowest BCUT2D eigenvalue weighted by Crippen LogP contribution is -2.02. The van der Waals surface area contributed by atoms with Gasteiger partial charge in [0.2, 0.25) is 0 Å². The van der Waals surface area contributed by atoms with Crippen LogP contribution in [0.2, 0.25) is 0 Å². The molecule has 6 nitrogen and oxygen atoms in total. The van der Waals surface area contributed by atoms with Gasteiger partial charge in [-0.05, 0) is 36.6 Å². The molecule has 0 bridgehead atoms. The van der Waals surface area contributed by atoms with Gasteiger partial charge in [0.15, 0.2) is 16.9 Å².